The maximum absolute atomic E-state index is 5.91. The Labute approximate surface area is 93.2 Å². The molecule has 0 saturated heterocycles. The van der Waals surface area contributed by atoms with Crippen LogP contribution in [0.1, 0.15) is 17.4 Å². The number of nitrogens with two attached hydrogens (primary N) is 1. The van der Waals surface area contributed by atoms with Crippen LogP contribution in [0.4, 0.5) is 5.69 Å². The molecule has 0 bridgehead atoms. The SMILES string of the molecule is C#Cc1sc2c(N)cccc2c1/C=C\C. The minimum absolute atomic E-state index is 0.796. The van der Waals surface area contributed by atoms with Crippen molar-refractivity contribution in [1.29, 1.82) is 0 Å². The molecule has 0 amide bonds. The van der Waals surface area contributed by atoms with Crippen LogP contribution < -0.4 is 5.73 Å². The average molecular weight is 213 g/mol. The van der Waals surface area contributed by atoms with Crippen LogP contribution in [0.25, 0.3) is 16.2 Å². The Kier molecular flexibility index (Phi) is 2.49. The van der Waals surface area contributed by atoms with Gasteiger partial charge in [-0.05, 0) is 13.0 Å². The van der Waals surface area contributed by atoms with Crippen molar-refractivity contribution in [1.82, 2.24) is 0 Å². The molecule has 1 nitrogen and oxygen atoms in total. The zero-order chi connectivity index (χ0) is 10.8. The van der Waals surface area contributed by atoms with Crippen molar-refractivity contribution < 1.29 is 0 Å². The first-order chi connectivity index (χ1) is 7.27. The minimum Gasteiger partial charge on any atom is -0.398 e. The van der Waals surface area contributed by atoms with E-state index in [0.717, 1.165) is 26.2 Å². The third-order valence-electron chi connectivity index (χ3n) is 2.25. The Balaban J connectivity index is 2.87. The fourth-order valence-corrected chi connectivity index (χ4v) is 2.62. The summed E-state index contributed by atoms with van der Waals surface area (Å²) in [6, 6.07) is 5.91. The number of nitrogen functional groups attached to an aromatic ring is 1. The van der Waals surface area contributed by atoms with Crippen LogP contribution in [0.2, 0.25) is 0 Å². The average Bonchev–Trinajstić information content (AvgIpc) is 2.59. The van der Waals surface area contributed by atoms with Crippen molar-refractivity contribution in [3.05, 3.63) is 34.7 Å². The number of terminal acetylenes is 1. The van der Waals surface area contributed by atoms with E-state index in [0.29, 0.717) is 0 Å². The summed E-state index contributed by atoms with van der Waals surface area (Å²) in [5.41, 5.74) is 7.81. The maximum atomic E-state index is 5.91. The number of hydrogen-bond donors (Lipinski definition) is 1. The molecule has 2 aromatic rings. The van der Waals surface area contributed by atoms with E-state index < -0.39 is 0 Å². The second-order valence-corrected chi connectivity index (χ2v) is 4.23. The van der Waals surface area contributed by atoms with Crippen molar-refractivity contribution >= 4 is 33.2 Å². The predicted octanol–water partition coefficient (Wildman–Crippen LogP) is 3.50. The molecule has 0 unspecified atom stereocenters. The summed E-state index contributed by atoms with van der Waals surface area (Å²) in [5, 5.41) is 1.14. The molecule has 2 N–H and O–H groups in total. The van der Waals surface area contributed by atoms with E-state index in [1.165, 1.54) is 0 Å². The second-order valence-electron chi connectivity index (χ2n) is 3.21. The van der Waals surface area contributed by atoms with Gasteiger partial charge in [-0.2, -0.15) is 0 Å². The lowest BCUT2D eigenvalue weighted by Crippen LogP contribution is -1.82. The molecule has 0 aliphatic carbocycles. The summed E-state index contributed by atoms with van der Waals surface area (Å²) in [6.07, 6.45) is 9.51. The van der Waals surface area contributed by atoms with Crippen LogP contribution in [-0.2, 0) is 0 Å². The molecule has 15 heavy (non-hydrogen) atoms. The van der Waals surface area contributed by atoms with Gasteiger partial charge in [0.25, 0.3) is 0 Å². The summed E-state index contributed by atoms with van der Waals surface area (Å²) in [7, 11) is 0. The topological polar surface area (TPSA) is 26.0 Å². The number of allylic oxidation sites excluding steroid dienone is 1. The van der Waals surface area contributed by atoms with Gasteiger partial charge in [-0.15, -0.1) is 17.8 Å². The Morgan fingerprint density at radius 3 is 2.93 bits per heavy atom. The number of rotatable bonds is 1. The summed E-state index contributed by atoms with van der Waals surface area (Å²) in [5.74, 6) is 2.71. The first-order valence-corrected chi connectivity index (χ1v) is 5.50. The number of hydrogen-bond acceptors (Lipinski definition) is 2. The molecule has 1 aromatic heterocycles. The van der Waals surface area contributed by atoms with Crippen molar-refractivity contribution in [2.24, 2.45) is 0 Å². The van der Waals surface area contributed by atoms with Crippen LogP contribution in [0.5, 0.6) is 0 Å². The number of anilines is 1. The maximum Gasteiger partial charge on any atom is 0.0851 e. The van der Waals surface area contributed by atoms with Gasteiger partial charge in [0.05, 0.1) is 9.58 Å². The van der Waals surface area contributed by atoms with Crippen LogP contribution in [0, 0.1) is 12.3 Å². The van der Waals surface area contributed by atoms with Gasteiger partial charge in [0.2, 0.25) is 0 Å². The first-order valence-electron chi connectivity index (χ1n) is 4.68. The number of thiophene rings is 1. The molecule has 74 valence electrons. The lowest BCUT2D eigenvalue weighted by Gasteiger charge is -1.95. The van der Waals surface area contributed by atoms with E-state index in [9.17, 15) is 0 Å². The van der Waals surface area contributed by atoms with E-state index in [-0.39, 0.29) is 0 Å². The van der Waals surface area contributed by atoms with Gasteiger partial charge in [0, 0.05) is 16.6 Å². The van der Waals surface area contributed by atoms with Gasteiger partial charge in [0.1, 0.15) is 0 Å². The molecular weight excluding hydrogens is 202 g/mol. The van der Waals surface area contributed by atoms with Crippen LogP contribution >= 0.6 is 11.3 Å². The summed E-state index contributed by atoms with van der Waals surface area (Å²) < 4.78 is 1.08. The van der Waals surface area contributed by atoms with E-state index in [4.69, 9.17) is 12.2 Å². The Morgan fingerprint density at radius 1 is 1.47 bits per heavy atom. The zero-order valence-electron chi connectivity index (χ0n) is 8.45. The molecule has 0 aliphatic heterocycles. The molecular formula is C13H11NS. The molecule has 2 rings (SSSR count). The number of benzene rings is 1. The Hall–Kier alpha value is -1.72. The van der Waals surface area contributed by atoms with Crippen molar-refractivity contribution in [2.45, 2.75) is 6.92 Å². The molecule has 0 spiro atoms. The van der Waals surface area contributed by atoms with Gasteiger partial charge in [-0.1, -0.05) is 30.2 Å². The van der Waals surface area contributed by atoms with Gasteiger partial charge in [-0.25, -0.2) is 0 Å². The van der Waals surface area contributed by atoms with E-state index in [2.05, 4.69) is 12.0 Å². The predicted molar refractivity (Wildman–Crippen MR) is 68.9 cm³/mol. The van der Waals surface area contributed by atoms with Gasteiger partial charge in [0.15, 0.2) is 0 Å². The highest BCUT2D eigenvalue weighted by atomic mass is 32.1. The monoisotopic (exact) mass is 213 g/mol. The van der Waals surface area contributed by atoms with E-state index in [1.807, 2.05) is 31.2 Å². The largest absolute Gasteiger partial charge is 0.398 e. The molecule has 0 saturated carbocycles. The van der Waals surface area contributed by atoms with Gasteiger partial charge in [-0.3, -0.25) is 0 Å². The Morgan fingerprint density at radius 2 is 2.27 bits per heavy atom. The summed E-state index contributed by atoms with van der Waals surface area (Å²) in [4.78, 5) is 0.945. The smallest absolute Gasteiger partial charge is 0.0851 e. The van der Waals surface area contributed by atoms with E-state index in [1.54, 1.807) is 11.3 Å². The van der Waals surface area contributed by atoms with Gasteiger partial charge < -0.3 is 5.73 Å². The molecule has 1 aromatic carbocycles. The van der Waals surface area contributed by atoms with Crippen LogP contribution in [-0.4, -0.2) is 0 Å². The fraction of sp³-hybridized carbons (Fsp3) is 0.0769. The fourth-order valence-electron chi connectivity index (χ4n) is 1.60. The molecule has 0 atom stereocenters. The summed E-state index contributed by atoms with van der Waals surface area (Å²) >= 11 is 1.58. The highest BCUT2D eigenvalue weighted by molar-refractivity contribution is 7.20. The molecule has 0 fully saturated rings. The molecule has 2 heteroatoms. The summed E-state index contributed by atoms with van der Waals surface area (Å²) in [6.45, 7) is 1.98. The number of fused-ring (bicyclic) bond motifs is 1. The molecule has 0 radical (unpaired) electrons. The standard InChI is InChI=1S/C13H11NS/c1-3-6-9-10-7-5-8-11(14)13(10)15-12(9)4-2/h2-3,5-8H,14H2,1H3/b6-3-. The third-order valence-corrected chi connectivity index (χ3v) is 3.45. The molecule has 1 heterocycles. The molecule has 0 aliphatic rings. The van der Waals surface area contributed by atoms with Crippen molar-refractivity contribution in [2.75, 3.05) is 5.73 Å². The van der Waals surface area contributed by atoms with Crippen LogP contribution in [0.15, 0.2) is 24.3 Å². The van der Waals surface area contributed by atoms with Crippen molar-refractivity contribution in [3.63, 3.8) is 0 Å². The van der Waals surface area contributed by atoms with Crippen LogP contribution in [0.3, 0.4) is 0 Å². The second kappa shape index (κ2) is 3.80. The van der Waals surface area contributed by atoms with Gasteiger partial charge >= 0.3 is 0 Å². The zero-order valence-corrected chi connectivity index (χ0v) is 9.27. The quantitative estimate of drug-likeness (QED) is 0.569. The highest BCUT2D eigenvalue weighted by Gasteiger charge is 2.09. The normalized spacial score (nSPS) is 10.9. The van der Waals surface area contributed by atoms with Crippen molar-refractivity contribution in [3.8, 4) is 12.3 Å². The Bertz CT molecular complexity index is 570. The minimum atomic E-state index is 0.796. The lowest BCUT2D eigenvalue weighted by molar-refractivity contribution is 1.75. The third kappa shape index (κ3) is 1.51. The lowest BCUT2D eigenvalue weighted by atomic mass is 10.1. The van der Waals surface area contributed by atoms with E-state index >= 15 is 0 Å². The highest BCUT2D eigenvalue weighted by Crippen LogP contribution is 2.35. The first kappa shape index (κ1) is 9.82.